The molecule has 1 saturated heterocycles. The number of ether oxygens (including phenoxy) is 1. The monoisotopic (exact) mass is 329 g/mol. The molecule has 1 aliphatic heterocycles. The Labute approximate surface area is 141 Å². The van der Waals surface area contributed by atoms with E-state index in [1.54, 1.807) is 23.9 Å². The first kappa shape index (κ1) is 16.6. The zero-order valence-electron chi connectivity index (χ0n) is 14.1. The number of anilines is 1. The minimum Gasteiger partial charge on any atom is -0.374 e. The van der Waals surface area contributed by atoms with Crippen LogP contribution in [-0.4, -0.2) is 59.1 Å². The van der Waals surface area contributed by atoms with Crippen molar-refractivity contribution in [2.45, 2.75) is 12.6 Å². The third-order valence-electron chi connectivity index (χ3n) is 4.22. The first-order valence-corrected chi connectivity index (χ1v) is 8.10. The molecule has 3 heterocycles. The Kier molecular flexibility index (Phi) is 5.22. The molecule has 0 spiro atoms. The van der Waals surface area contributed by atoms with Gasteiger partial charge in [-0.2, -0.15) is 5.10 Å². The lowest BCUT2D eigenvalue weighted by atomic mass is 10.2. The van der Waals surface area contributed by atoms with Gasteiger partial charge in [0.05, 0.1) is 12.7 Å². The summed E-state index contributed by atoms with van der Waals surface area (Å²) in [5.74, 6) is 0.838. The molecule has 0 radical (unpaired) electrons. The Bertz CT molecular complexity index is 718. The molecule has 1 aliphatic rings. The minimum absolute atomic E-state index is 0.0275. The van der Waals surface area contributed by atoms with Crippen molar-refractivity contribution in [1.29, 1.82) is 0 Å². The van der Waals surface area contributed by atoms with Crippen molar-refractivity contribution < 1.29 is 4.74 Å². The first-order chi connectivity index (χ1) is 11.6. The normalized spacial score (nSPS) is 18.5. The highest BCUT2D eigenvalue weighted by molar-refractivity contribution is 5.35. The van der Waals surface area contributed by atoms with E-state index in [0.29, 0.717) is 6.61 Å². The highest BCUT2D eigenvalue weighted by atomic mass is 16.5. The molecule has 0 aromatic carbocycles. The topological polar surface area (TPSA) is 63.5 Å². The highest BCUT2D eigenvalue weighted by Crippen LogP contribution is 2.13. The quantitative estimate of drug-likeness (QED) is 0.797. The summed E-state index contributed by atoms with van der Waals surface area (Å²) in [7, 11) is 3.76. The lowest BCUT2D eigenvalue weighted by Gasteiger charge is -2.35. The summed E-state index contributed by atoms with van der Waals surface area (Å²) in [6.45, 7) is 3.93. The summed E-state index contributed by atoms with van der Waals surface area (Å²) >= 11 is 0. The number of nitrogens with zero attached hydrogens (tertiary/aromatic N) is 5. The Morgan fingerprint density at radius 2 is 2.29 bits per heavy atom. The Balaban J connectivity index is 1.58. The van der Waals surface area contributed by atoms with Gasteiger partial charge in [0.25, 0.3) is 5.56 Å². The molecule has 0 bridgehead atoms. The van der Waals surface area contributed by atoms with Gasteiger partial charge in [0.2, 0.25) is 0 Å². The van der Waals surface area contributed by atoms with E-state index >= 15 is 0 Å². The molecule has 0 N–H and O–H groups in total. The van der Waals surface area contributed by atoms with Gasteiger partial charge >= 0.3 is 0 Å². The molecule has 7 nitrogen and oxygen atoms in total. The van der Waals surface area contributed by atoms with Gasteiger partial charge in [0.15, 0.2) is 5.82 Å². The zero-order chi connectivity index (χ0) is 16.9. The van der Waals surface area contributed by atoms with E-state index in [-0.39, 0.29) is 11.7 Å². The van der Waals surface area contributed by atoms with Gasteiger partial charge in [0, 0.05) is 58.7 Å². The van der Waals surface area contributed by atoms with Crippen LogP contribution >= 0.6 is 0 Å². The number of hydrogen-bond acceptors (Lipinski definition) is 6. The fourth-order valence-electron chi connectivity index (χ4n) is 2.88. The molecule has 3 rings (SSSR count). The molecule has 0 amide bonds. The maximum Gasteiger partial charge on any atom is 0.250 e. The lowest BCUT2D eigenvalue weighted by Crippen LogP contribution is -2.46. The van der Waals surface area contributed by atoms with Crippen molar-refractivity contribution in [2.24, 2.45) is 7.05 Å². The molecule has 0 saturated carbocycles. The molecule has 1 fully saturated rings. The van der Waals surface area contributed by atoms with Crippen LogP contribution in [0.15, 0.2) is 41.5 Å². The molecular weight excluding hydrogens is 306 g/mol. The summed E-state index contributed by atoms with van der Waals surface area (Å²) < 4.78 is 7.47. The molecule has 7 heteroatoms. The van der Waals surface area contributed by atoms with Gasteiger partial charge < -0.3 is 14.2 Å². The largest absolute Gasteiger partial charge is 0.374 e. The molecule has 2 aromatic rings. The Hall–Kier alpha value is -2.25. The number of rotatable bonds is 5. The smallest absolute Gasteiger partial charge is 0.250 e. The second kappa shape index (κ2) is 7.55. The van der Waals surface area contributed by atoms with Crippen LogP contribution in [0.5, 0.6) is 0 Å². The fourth-order valence-corrected chi connectivity index (χ4v) is 2.88. The van der Waals surface area contributed by atoms with Crippen molar-refractivity contribution in [2.75, 3.05) is 38.2 Å². The van der Waals surface area contributed by atoms with E-state index in [2.05, 4.69) is 20.0 Å². The van der Waals surface area contributed by atoms with Crippen LogP contribution in [-0.2, 0) is 18.3 Å². The van der Waals surface area contributed by atoms with Gasteiger partial charge in [0.1, 0.15) is 0 Å². The summed E-state index contributed by atoms with van der Waals surface area (Å²) in [5, 5.41) is 8.03. The predicted molar refractivity (Wildman–Crippen MR) is 92.0 cm³/mol. The average molecular weight is 329 g/mol. The van der Waals surface area contributed by atoms with Crippen LogP contribution in [0.1, 0.15) is 5.56 Å². The van der Waals surface area contributed by atoms with E-state index in [1.165, 1.54) is 0 Å². The van der Waals surface area contributed by atoms with Gasteiger partial charge in [-0.25, -0.2) is 0 Å². The van der Waals surface area contributed by atoms with E-state index in [4.69, 9.17) is 4.74 Å². The number of aromatic nitrogens is 3. The lowest BCUT2D eigenvalue weighted by molar-refractivity contribution is -0.0265. The number of morpholine rings is 1. The molecular formula is C17H23N5O2. The van der Waals surface area contributed by atoms with Gasteiger partial charge in [-0.1, -0.05) is 0 Å². The van der Waals surface area contributed by atoms with Gasteiger partial charge in [-0.05, 0) is 23.8 Å². The predicted octanol–water partition coefficient (Wildman–Crippen LogP) is 0.512. The van der Waals surface area contributed by atoms with Gasteiger partial charge in [-0.3, -0.25) is 9.69 Å². The highest BCUT2D eigenvalue weighted by Gasteiger charge is 2.22. The Morgan fingerprint density at radius 1 is 1.42 bits per heavy atom. The van der Waals surface area contributed by atoms with Crippen LogP contribution in [0.4, 0.5) is 5.82 Å². The van der Waals surface area contributed by atoms with E-state index in [0.717, 1.165) is 37.6 Å². The molecule has 24 heavy (non-hydrogen) atoms. The number of pyridine rings is 1. The third kappa shape index (κ3) is 4.18. The van der Waals surface area contributed by atoms with Gasteiger partial charge in [-0.15, -0.1) is 5.10 Å². The van der Waals surface area contributed by atoms with Crippen molar-refractivity contribution in [3.63, 3.8) is 0 Å². The van der Waals surface area contributed by atoms with Crippen LogP contribution in [0.2, 0.25) is 0 Å². The maximum atomic E-state index is 11.7. The standard InChI is InChI=1S/C17H23N5O2/c1-20-7-5-14(10-17(20)23)11-22-8-9-24-15(13-22)12-21(2)16-4-3-6-18-19-16/h3-7,10,15H,8-9,11-13H2,1-2H3/t15-/m0/s1. The Morgan fingerprint density at radius 3 is 3.04 bits per heavy atom. The third-order valence-corrected chi connectivity index (χ3v) is 4.22. The molecule has 2 aromatic heterocycles. The maximum absolute atomic E-state index is 11.7. The summed E-state index contributed by atoms with van der Waals surface area (Å²) in [6.07, 6.45) is 3.59. The van der Waals surface area contributed by atoms with Crippen molar-refractivity contribution >= 4 is 5.82 Å². The van der Waals surface area contributed by atoms with E-state index < -0.39 is 0 Å². The van der Waals surface area contributed by atoms with Crippen molar-refractivity contribution in [3.05, 3.63) is 52.6 Å². The van der Waals surface area contributed by atoms with Crippen LogP contribution in [0, 0.1) is 0 Å². The van der Waals surface area contributed by atoms with Crippen LogP contribution in [0.3, 0.4) is 0 Å². The van der Waals surface area contributed by atoms with Crippen molar-refractivity contribution in [1.82, 2.24) is 19.7 Å². The SMILES string of the molecule is CN(C[C@H]1CN(Cc2ccn(C)c(=O)c2)CCO1)c1cccnn1. The minimum atomic E-state index is 0.0275. The van der Waals surface area contributed by atoms with E-state index in [1.807, 2.05) is 31.4 Å². The summed E-state index contributed by atoms with van der Waals surface area (Å²) in [4.78, 5) is 16.1. The zero-order valence-corrected chi connectivity index (χ0v) is 14.1. The molecule has 0 unspecified atom stereocenters. The number of hydrogen-bond donors (Lipinski definition) is 0. The second-order valence-electron chi connectivity index (χ2n) is 6.17. The summed E-state index contributed by atoms with van der Waals surface area (Å²) in [6, 6.07) is 7.52. The molecule has 1 atom stereocenters. The number of aryl methyl sites for hydroxylation is 1. The first-order valence-electron chi connectivity index (χ1n) is 8.10. The van der Waals surface area contributed by atoms with Crippen LogP contribution in [0.25, 0.3) is 0 Å². The average Bonchev–Trinajstić information content (AvgIpc) is 2.59. The fraction of sp³-hybridized carbons (Fsp3) is 0.471. The number of likely N-dealkylation sites (N-methyl/N-ethyl adjacent to an activating group) is 1. The second-order valence-corrected chi connectivity index (χ2v) is 6.17. The van der Waals surface area contributed by atoms with Crippen molar-refractivity contribution in [3.8, 4) is 0 Å². The van der Waals surface area contributed by atoms with Crippen LogP contribution < -0.4 is 10.5 Å². The molecule has 128 valence electrons. The van der Waals surface area contributed by atoms with E-state index in [9.17, 15) is 4.79 Å². The molecule has 0 aliphatic carbocycles. The summed E-state index contributed by atoms with van der Waals surface area (Å²) in [5.41, 5.74) is 1.07.